The van der Waals surface area contributed by atoms with Gasteiger partial charge in [-0.25, -0.2) is 0 Å². The Labute approximate surface area is 572 Å². The Morgan fingerprint density at radius 1 is 0.458 bits per heavy atom. The largest absolute Gasteiger partial charge is 0.465 e. The molecule has 6 N–H and O–H groups in total. The Morgan fingerprint density at radius 3 is 1.08 bits per heavy atom. The number of hydrogen-bond donors (Lipinski definition) is 6. The third kappa shape index (κ3) is 12.5. The molecule has 8 saturated carbocycles. The molecule has 96 heavy (non-hydrogen) atoms. The van der Waals surface area contributed by atoms with Crippen molar-refractivity contribution in [2.24, 2.45) is 105 Å². The molecule has 0 aromatic heterocycles. The SMILES string of the molecule is CCCCOC(=O)C(C(=O)OCCCC)[C@]12CC[C@@]3(C)C(C[C@@H](O)[C@H]4[C@@H]5CC[C@H]([C@H](C)C(=O)NCc6ccc(cc6)[C@@]6(C(C(=O)OCCCC)C(=O)OCCCC)CC[C@@]7(C)C(C[C@@H](O)[C@H]8[C@@H]9CC[C@H]([C@H](C)C(=O)NCc%10ccc1cc%10)[C@@]9(C)[C@@H](O)C[C@@H]87)C6)[C@@]5(C)[C@@H](O)C[C@@H]43)C2. The summed E-state index contributed by atoms with van der Waals surface area (Å²) in [5, 5.41) is 58.0. The van der Waals surface area contributed by atoms with E-state index >= 15 is 0 Å². The predicted molar refractivity (Wildman–Crippen MR) is 365 cm³/mol. The number of aliphatic hydroxyl groups is 4. The molecule has 22 atom stereocenters. The van der Waals surface area contributed by atoms with Crippen molar-refractivity contribution in [1.82, 2.24) is 10.6 Å². The summed E-state index contributed by atoms with van der Waals surface area (Å²) in [6.07, 6.45) is 10.5. The minimum absolute atomic E-state index is 0.0629. The van der Waals surface area contributed by atoms with E-state index in [0.29, 0.717) is 103 Å². The number of aliphatic hydroxyl groups excluding tert-OH is 4. The number of amides is 2. The molecule has 2 unspecified atom stereocenters. The van der Waals surface area contributed by atoms with Crippen LogP contribution in [0.3, 0.4) is 0 Å². The van der Waals surface area contributed by atoms with Crippen LogP contribution in [0.5, 0.6) is 0 Å². The van der Waals surface area contributed by atoms with Crippen LogP contribution in [-0.4, -0.2) is 107 Å². The molecule has 0 spiro atoms. The van der Waals surface area contributed by atoms with Gasteiger partial charge in [-0.05, 0) is 208 Å². The zero-order chi connectivity index (χ0) is 68.9. The van der Waals surface area contributed by atoms with Gasteiger partial charge in [0, 0.05) is 46.6 Å². The Morgan fingerprint density at radius 2 is 0.771 bits per heavy atom. The van der Waals surface area contributed by atoms with Crippen LogP contribution >= 0.6 is 0 Å². The summed E-state index contributed by atoms with van der Waals surface area (Å²) in [4.78, 5) is 88.9. The molecule has 2 amide bonds. The first kappa shape index (κ1) is 72.4. The molecule has 8 fully saturated rings. The molecule has 17 rings (SSSR count). The van der Waals surface area contributed by atoms with E-state index in [9.17, 15) is 49.2 Å². The Balaban J connectivity index is 0.962. The lowest BCUT2D eigenvalue weighted by atomic mass is 9.40. The maximum Gasteiger partial charge on any atom is 0.321 e. The number of nitrogens with one attached hydrogen (secondary N) is 2. The molecular formula is C80H118N2O14. The summed E-state index contributed by atoms with van der Waals surface area (Å²) in [5.41, 5.74) is -0.981. The number of ether oxygens (including phenoxy) is 4. The molecular weight excluding hydrogens is 1210 g/mol. The van der Waals surface area contributed by atoms with Crippen LogP contribution in [0.2, 0.25) is 0 Å². The maximum absolute atomic E-state index is 14.9. The van der Waals surface area contributed by atoms with Crippen molar-refractivity contribution in [3.05, 3.63) is 70.8 Å². The van der Waals surface area contributed by atoms with Crippen LogP contribution < -0.4 is 10.6 Å². The van der Waals surface area contributed by atoms with Crippen LogP contribution in [-0.2, 0) is 71.6 Å². The molecule has 0 saturated heterocycles. The quantitative estimate of drug-likeness (QED) is 0.0352. The zero-order valence-electron chi connectivity index (χ0n) is 59.7. The van der Waals surface area contributed by atoms with Crippen LogP contribution in [0, 0.1) is 105 Å². The Bertz CT molecular complexity index is 2850. The minimum atomic E-state index is -1.28. The number of esters is 4. The number of fused-ring (bicyclic) bond motifs is 2. The van der Waals surface area contributed by atoms with E-state index in [4.69, 9.17) is 18.9 Å². The second-order valence-corrected chi connectivity index (χ2v) is 33.3. The number of carbonyl (C=O) groups excluding carboxylic acids is 6. The van der Waals surface area contributed by atoms with Gasteiger partial charge in [0.1, 0.15) is 0 Å². The highest BCUT2D eigenvalue weighted by molar-refractivity contribution is 5.98. The third-order valence-electron chi connectivity index (χ3n) is 29.0. The van der Waals surface area contributed by atoms with Gasteiger partial charge < -0.3 is 50.0 Å². The van der Waals surface area contributed by atoms with Crippen molar-refractivity contribution in [1.29, 1.82) is 0 Å². The lowest BCUT2D eigenvalue weighted by Crippen LogP contribution is -2.64. The maximum atomic E-state index is 14.9. The lowest BCUT2D eigenvalue weighted by Gasteiger charge is -2.65. The average molecular weight is 1330 g/mol. The topological polar surface area (TPSA) is 244 Å². The van der Waals surface area contributed by atoms with E-state index in [-0.39, 0.29) is 121 Å². The highest BCUT2D eigenvalue weighted by Gasteiger charge is 2.71. The first-order chi connectivity index (χ1) is 45.8. The molecule has 14 bridgehead atoms. The monoisotopic (exact) mass is 1330 g/mol. The molecule has 16 nitrogen and oxygen atoms in total. The Hall–Kier alpha value is -4.90. The van der Waals surface area contributed by atoms with E-state index in [2.05, 4.69) is 38.3 Å². The highest BCUT2D eigenvalue weighted by atomic mass is 16.6. The zero-order valence-corrected chi connectivity index (χ0v) is 59.7. The van der Waals surface area contributed by atoms with Crippen LogP contribution in [0.15, 0.2) is 48.5 Å². The van der Waals surface area contributed by atoms with Crippen molar-refractivity contribution in [2.45, 2.75) is 259 Å². The first-order valence-electron chi connectivity index (χ1n) is 38.0. The fraction of sp³-hybridized carbons (Fsp3) is 0.775. The summed E-state index contributed by atoms with van der Waals surface area (Å²) in [6.45, 7) is 22.1. The van der Waals surface area contributed by atoms with Crippen molar-refractivity contribution >= 4 is 35.7 Å². The molecule has 7 aliphatic heterocycles. The van der Waals surface area contributed by atoms with Crippen molar-refractivity contribution in [2.75, 3.05) is 26.4 Å². The van der Waals surface area contributed by atoms with Gasteiger partial charge in [-0.3, -0.25) is 28.8 Å². The smallest absolute Gasteiger partial charge is 0.321 e. The number of rotatable bonds is 18. The highest BCUT2D eigenvalue weighted by Crippen LogP contribution is 2.72. The second-order valence-electron chi connectivity index (χ2n) is 33.3. The normalized spacial score (nSPS) is 40.2. The first-order valence-corrected chi connectivity index (χ1v) is 38.0. The van der Waals surface area contributed by atoms with E-state index < -0.39 is 93.6 Å². The van der Waals surface area contributed by atoms with Crippen LogP contribution in [0.1, 0.15) is 233 Å². The van der Waals surface area contributed by atoms with Gasteiger partial charge in [-0.15, -0.1) is 0 Å². The summed E-state index contributed by atoms with van der Waals surface area (Å²) >= 11 is 0. The van der Waals surface area contributed by atoms with Gasteiger partial charge in [-0.2, -0.15) is 0 Å². The van der Waals surface area contributed by atoms with Gasteiger partial charge in [-0.1, -0.05) is 143 Å². The van der Waals surface area contributed by atoms with Gasteiger partial charge in [0.25, 0.3) is 0 Å². The summed E-state index contributed by atoms with van der Waals surface area (Å²) in [5.74, 6) is -7.38. The van der Waals surface area contributed by atoms with E-state index in [0.717, 1.165) is 60.8 Å². The number of carbonyl (C=O) groups is 6. The van der Waals surface area contributed by atoms with Gasteiger partial charge >= 0.3 is 23.9 Å². The molecule has 8 aliphatic carbocycles. The standard InChI is InChI=1S/C80H118N2O14/c1-11-15-35-93-71(89)67(72(90)94-36-16-12-2)79-33-31-75(7)53(43-79)39-61(83)65-57-29-27-55(77(57,9)63(85)41-59(65)75)48(6)70(88)82-46-50-21-25-52(26-22-50)80(68(73(91)95-37-17-13-3)74(92)96-38-18-14-4)34-32-76(8)54(44-80)40-62(84)66-58-30-28-56(78(58,10)64(86)42-60(66)76)47(5)69(87)81-45-49-19-23-51(79)24-20-49/h19-26,47-48,53-68,83-86H,11-18,27-46H2,1-10H3,(H,81,87)(H,82,88)/t47-,48-,53?,54?,55+,56+,57-,58-,59-,60-,61+,62+,63-,64-,65-,66-,75-,76-,77+,78+,79-,80+/m0/s1. The molecule has 532 valence electrons. The molecule has 15 aliphatic rings. The third-order valence-corrected chi connectivity index (χ3v) is 29.0. The average Bonchev–Trinajstić information content (AvgIpc) is 1.17. The summed E-state index contributed by atoms with van der Waals surface area (Å²) in [7, 11) is 0. The Kier molecular flexibility index (Phi) is 21.8. The molecule has 16 heteroatoms. The van der Waals surface area contributed by atoms with Gasteiger partial charge in [0.05, 0.1) is 50.8 Å². The fourth-order valence-electron chi connectivity index (χ4n) is 23.2. The van der Waals surface area contributed by atoms with Crippen molar-refractivity contribution < 1.29 is 68.1 Å². The number of benzene rings is 2. The van der Waals surface area contributed by atoms with E-state index in [1.807, 2.05) is 90.1 Å². The molecule has 2 aromatic rings. The summed E-state index contributed by atoms with van der Waals surface area (Å²) < 4.78 is 24.2. The van der Waals surface area contributed by atoms with Crippen LogP contribution in [0.4, 0.5) is 0 Å². The molecule has 7 heterocycles. The number of hydrogen-bond acceptors (Lipinski definition) is 14. The van der Waals surface area contributed by atoms with Gasteiger partial charge in [0.2, 0.25) is 11.8 Å². The predicted octanol–water partition coefficient (Wildman–Crippen LogP) is 12.2. The van der Waals surface area contributed by atoms with E-state index in [1.165, 1.54) is 0 Å². The second kappa shape index (κ2) is 29.0. The van der Waals surface area contributed by atoms with Crippen LogP contribution in [0.25, 0.3) is 0 Å². The fourth-order valence-corrected chi connectivity index (χ4v) is 23.2. The van der Waals surface area contributed by atoms with Crippen molar-refractivity contribution in [3.63, 3.8) is 0 Å². The minimum Gasteiger partial charge on any atom is -0.465 e. The van der Waals surface area contributed by atoms with Crippen molar-refractivity contribution in [3.8, 4) is 0 Å². The van der Waals surface area contributed by atoms with E-state index in [1.54, 1.807) is 0 Å². The van der Waals surface area contributed by atoms with Gasteiger partial charge in [0.15, 0.2) is 11.8 Å². The summed E-state index contributed by atoms with van der Waals surface area (Å²) in [6, 6.07) is 15.9. The molecule has 0 radical (unpaired) electrons. The lowest BCUT2D eigenvalue weighted by molar-refractivity contribution is -0.209. The number of unbranched alkanes of at least 4 members (excludes halogenated alkanes) is 4. The molecule has 2 aromatic carbocycles.